The third-order valence-electron chi connectivity index (χ3n) is 2.83. The zero-order valence-electron chi connectivity index (χ0n) is 10.6. The van der Waals surface area contributed by atoms with Gasteiger partial charge in [0, 0.05) is 17.7 Å². The highest BCUT2D eigenvalue weighted by atomic mass is 35.5. The highest BCUT2D eigenvalue weighted by Crippen LogP contribution is 2.26. The van der Waals surface area contributed by atoms with E-state index in [2.05, 4.69) is 0 Å². The molecule has 1 unspecified atom stereocenters. The Labute approximate surface area is 111 Å². The van der Waals surface area contributed by atoms with Gasteiger partial charge in [0.2, 0.25) is 0 Å². The summed E-state index contributed by atoms with van der Waals surface area (Å²) in [5.74, 6) is 0. The molecule has 0 bridgehead atoms. The van der Waals surface area contributed by atoms with Crippen molar-refractivity contribution in [1.29, 1.82) is 0 Å². The lowest BCUT2D eigenvalue weighted by molar-refractivity contribution is 0.0152. The van der Waals surface area contributed by atoms with Gasteiger partial charge in [0.15, 0.2) is 0 Å². The average molecular weight is 278 g/mol. The van der Waals surface area contributed by atoms with Crippen molar-refractivity contribution in [1.82, 2.24) is 0 Å². The minimum Gasteiger partial charge on any atom is -0.375 e. The fraction of sp³-hybridized carbons (Fsp3) is 0.538. The number of hydrogen-bond donors (Lipinski definition) is 1. The smallest absolute Gasteiger partial charge is 0.261 e. The number of halogens is 3. The van der Waals surface area contributed by atoms with Crippen LogP contribution >= 0.6 is 11.6 Å². The van der Waals surface area contributed by atoms with Crippen LogP contribution in [0.1, 0.15) is 29.2 Å². The van der Waals surface area contributed by atoms with E-state index in [0.29, 0.717) is 11.4 Å². The summed E-state index contributed by atoms with van der Waals surface area (Å²) in [6, 6.07) is 3.51. The summed E-state index contributed by atoms with van der Waals surface area (Å²) >= 11 is 6.12. The maximum Gasteiger partial charge on any atom is 0.261 e. The monoisotopic (exact) mass is 277 g/mol. The summed E-state index contributed by atoms with van der Waals surface area (Å²) in [6.07, 6.45) is -1.97. The molecule has 1 atom stereocenters. The van der Waals surface area contributed by atoms with Crippen LogP contribution in [0.4, 0.5) is 8.78 Å². The predicted octanol–water partition coefficient (Wildman–Crippen LogP) is 3.63. The zero-order valence-corrected chi connectivity index (χ0v) is 11.3. The molecule has 1 aromatic carbocycles. The highest BCUT2D eigenvalue weighted by molar-refractivity contribution is 6.31. The van der Waals surface area contributed by atoms with Crippen molar-refractivity contribution < 1.29 is 13.5 Å². The van der Waals surface area contributed by atoms with E-state index < -0.39 is 13.0 Å². The molecule has 0 spiro atoms. The van der Waals surface area contributed by atoms with Gasteiger partial charge in [0.05, 0.1) is 0 Å². The van der Waals surface area contributed by atoms with Crippen molar-refractivity contribution in [2.75, 3.05) is 13.2 Å². The molecule has 0 saturated heterocycles. The number of alkyl halides is 2. The van der Waals surface area contributed by atoms with Crippen molar-refractivity contribution in [3.05, 3.63) is 33.8 Å². The highest BCUT2D eigenvalue weighted by Gasteiger charge is 2.12. The summed E-state index contributed by atoms with van der Waals surface area (Å²) in [5, 5.41) is 0.611. The molecule has 2 nitrogen and oxygen atoms in total. The van der Waals surface area contributed by atoms with Gasteiger partial charge < -0.3 is 10.5 Å². The second kappa shape index (κ2) is 7.02. The largest absolute Gasteiger partial charge is 0.375 e. The van der Waals surface area contributed by atoms with Gasteiger partial charge in [-0.05, 0) is 43.0 Å². The molecule has 0 heterocycles. The quantitative estimate of drug-likeness (QED) is 0.806. The first-order valence-electron chi connectivity index (χ1n) is 5.80. The van der Waals surface area contributed by atoms with Crippen LogP contribution in [-0.2, 0) is 4.74 Å². The molecule has 2 N–H and O–H groups in total. The molecule has 0 amide bonds. The van der Waals surface area contributed by atoms with Crippen molar-refractivity contribution in [3.63, 3.8) is 0 Å². The van der Waals surface area contributed by atoms with Crippen molar-refractivity contribution in [2.45, 2.75) is 32.7 Å². The first kappa shape index (κ1) is 15.3. The lowest BCUT2D eigenvalue weighted by atomic mass is 10.00. The van der Waals surface area contributed by atoms with Crippen LogP contribution in [-0.4, -0.2) is 19.6 Å². The van der Waals surface area contributed by atoms with Crippen LogP contribution in [0.25, 0.3) is 0 Å². The summed E-state index contributed by atoms with van der Waals surface area (Å²) in [4.78, 5) is 0. The molecule has 18 heavy (non-hydrogen) atoms. The molecule has 0 aliphatic carbocycles. The molecule has 0 saturated carbocycles. The lowest BCUT2D eigenvalue weighted by Crippen LogP contribution is -2.15. The number of aryl methyl sites for hydroxylation is 2. The Kier molecular flexibility index (Phi) is 5.99. The van der Waals surface area contributed by atoms with E-state index in [1.54, 1.807) is 0 Å². The van der Waals surface area contributed by atoms with Gasteiger partial charge in [-0.2, -0.15) is 0 Å². The van der Waals surface area contributed by atoms with Crippen molar-refractivity contribution >= 4 is 11.6 Å². The molecule has 1 rings (SSSR count). The maximum absolute atomic E-state index is 11.9. The van der Waals surface area contributed by atoms with Crippen molar-refractivity contribution in [3.8, 4) is 0 Å². The van der Waals surface area contributed by atoms with Gasteiger partial charge in [-0.1, -0.05) is 17.7 Å². The summed E-state index contributed by atoms with van der Waals surface area (Å²) in [7, 11) is 0. The minimum absolute atomic E-state index is 0.203. The van der Waals surface area contributed by atoms with Gasteiger partial charge >= 0.3 is 0 Å². The van der Waals surface area contributed by atoms with Gasteiger partial charge in [-0.25, -0.2) is 8.78 Å². The topological polar surface area (TPSA) is 35.2 Å². The second-order valence-corrected chi connectivity index (χ2v) is 4.73. The van der Waals surface area contributed by atoms with E-state index in [0.717, 1.165) is 16.7 Å². The van der Waals surface area contributed by atoms with E-state index in [-0.39, 0.29) is 12.6 Å². The fourth-order valence-corrected chi connectivity index (χ4v) is 1.98. The summed E-state index contributed by atoms with van der Waals surface area (Å²) in [6.45, 7) is 3.61. The number of nitrogens with two attached hydrogens (primary N) is 1. The third-order valence-corrected chi connectivity index (χ3v) is 3.16. The Morgan fingerprint density at radius 3 is 2.50 bits per heavy atom. The Hall–Kier alpha value is -0.710. The number of ether oxygens (including phenoxy) is 1. The van der Waals surface area contributed by atoms with Gasteiger partial charge in [0.1, 0.15) is 6.61 Å². The predicted molar refractivity (Wildman–Crippen MR) is 69.3 cm³/mol. The maximum atomic E-state index is 11.9. The van der Waals surface area contributed by atoms with E-state index in [4.69, 9.17) is 22.1 Å². The molecule has 0 aliphatic heterocycles. The first-order chi connectivity index (χ1) is 8.41. The van der Waals surface area contributed by atoms with Crippen LogP contribution in [0.3, 0.4) is 0 Å². The van der Waals surface area contributed by atoms with E-state index in [1.165, 1.54) is 0 Å². The first-order valence-corrected chi connectivity index (χ1v) is 6.17. The minimum atomic E-state index is -2.44. The molecule has 0 aromatic heterocycles. The van der Waals surface area contributed by atoms with Gasteiger partial charge in [-0.3, -0.25) is 0 Å². The third kappa shape index (κ3) is 4.52. The molecular formula is C13H18ClF2NO. The second-order valence-electron chi connectivity index (χ2n) is 4.32. The Bertz CT molecular complexity index is 399. The van der Waals surface area contributed by atoms with Crippen LogP contribution in [0, 0.1) is 13.8 Å². The lowest BCUT2D eigenvalue weighted by Gasteiger charge is -2.15. The molecule has 1 aromatic rings. The van der Waals surface area contributed by atoms with Gasteiger partial charge in [0.25, 0.3) is 6.43 Å². The van der Waals surface area contributed by atoms with E-state index in [9.17, 15) is 8.78 Å². The Balaban J connectivity index is 2.56. The van der Waals surface area contributed by atoms with Gasteiger partial charge in [-0.15, -0.1) is 0 Å². The molecule has 0 aliphatic rings. The van der Waals surface area contributed by atoms with Crippen molar-refractivity contribution in [2.24, 2.45) is 5.73 Å². The molecule has 5 heteroatoms. The molecule has 0 radical (unpaired) electrons. The average Bonchev–Trinajstić information content (AvgIpc) is 2.28. The summed E-state index contributed by atoms with van der Waals surface area (Å²) < 4.78 is 28.5. The Morgan fingerprint density at radius 2 is 1.89 bits per heavy atom. The van der Waals surface area contributed by atoms with Crippen LogP contribution < -0.4 is 5.73 Å². The zero-order chi connectivity index (χ0) is 13.7. The number of rotatable bonds is 6. The van der Waals surface area contributed by atoms with E-state index in [1.807, 2.05) is 26.0 Å². The standard InChI is InChI=1S/C13H18ClF2NO/c1-8-5-10(11(14)6-9(8)2)12(17)3-4-18-7-13(15)16/h5-6,12-13H,3-4,7,17H2,1-2H3. The SMILES string of the molecule is Cc1cc(Cl)c(C(N)CCOCC(F)F)cc1C. The summed E-state index contributed by atoms with van der Waals surface area (Å²) in [5.41, 5.74) is 9.02. The number of hydrogen-bond acceptors (Lipinski definition) is 2. The van der Waals surface area contributed by atoms with Crippen LogP contribution in [0.5, 0.6) is 0 Å². The molecular weight excluding hydrogens is 260 g/mol. The Morgan fingerprint density at radius 1 is 1.28 bits per heavy atom. The molecule has 102 valence electrons. The number of benzene rings is 1. The van der Waals surface area contributed by atoms with Crippen LogP contribution in [0.2, 0.25) is 5.02 Å². The van der Waals surface area contributed by atoms with E-state index >= 15 is 0 Å². The van der Waals surface area contributed by atoms with Crippen LogP contribution in [0.15, 0.2) is 12.1 Å². The fourth-order valence-electron chi connectivity index (χ4n) is 1.63. The normalized spacial score (nSPS) is 13.1. The molecule has 0 fully saturated rings.